The second-order valence-corrected chi connectivity index (χ2v) is 6.31. The van der Waals surface area contributed by atoms with Crippen molar-refractivity contribution in [3.05, 3.63) is 59.1 Å². The number of nitrogens with zero attached hydrogens (tertiary/aromatic N) is 1. The SMILES string of the molecule is CC(=O)N1C[C@@H](C(=O)NCCc2ccc(Cl)cc2)Oc2ccccc21. The normalized spacial score (nSPS) is 15.9. The summed E-state index contributed by atoms with van der Waals surface area (Å²) >= 11 is 5.86. The van der Waals surface area contributed by atoms with Crippen molar-refractivity contribution in [2.24, 2.45) is 0 Å². The minimum absolute atomic E-state index is 0.116. The maximum absolute atomic E-state index is 12.4. The largest absolute Gasteiger partial charge is 0.477 e. The number of nitrogens with one attached hydrogen (secondary N) is 1. The number of carbonyl (C=O) groups is 2. The van der Waals surface area contributed by atoms with Crippen LogP contribution in [0.25, 0.3) is 0 Å². The van der Waals surface area contributed by atoms with Crippen molar-refractivity contribution in [3.63, 3.8) is 0 Å². The van der Waals surface area contributed by atoms with E-state index in [1.54, 1.807) is 11.0 Å². The number of fused-ring (bicyclic) bond motifs is 1. The van der Waals surface area contributed by atoms with E-state index in [9.17, 15) is 9.59 Å². The van der Waals surface area contributed by atoms with E-state index >= 15 is 0 Å². The van der Waals surface area contributed by atoms with Crippen LogP contribution in [0.2, 0.25) is 5.02 Å². The Morgan fingerprint density at radius 1 is 1.20 bits per heavy atom. The summed E-state index contributed by atoms with van der Waals surface area (Å²) in [7, 11) is 0. The van der Waals surface area contributed by atoms with E-state index in [1.807, 2.05) is 42.5 Å². The molecule has 0 radical (unpaired) electrons. The van der Waals surface area contributed by atoms with Crippen LogP contribution in [0.5, 0.6) is 5.75 Å². The van der Waals surface area contributed by atoms with Gasteiger partial charge in [0.15, 0.2) is 6.10 Å². The Balaban J connectivity index is 1.61. The lowest BCUT2D eigenvalue weighted by Gasteiger charge is -2.33. The van der Waals surface area contributed by atoms with Crippen molar-refractivity contribution >= 4 is 29.1 Å². The fourth-order valence-corrected chi connectivity index (χ4v) is 2.89. The van der Waals surface area contributed by atoms with Gasteiger partial charge in [-0.05, 0) is 36.2 Å². The molecule has 2 amide bonds. The predicted molar refractivity (Wildman–Crippen MR) is 97.1 cm³/mol. The molecule has 1 aliphatic heterocycles. The molecule has 2 aromatic carbocycles. The summed E-state index contributed by atoms with van der Waals surface area (Å²) in [4.78, 5) is 25.9. The lowest BCUT2D eigenvalue weighted by Crippen LogP contribution is -2.50. The van der Waals surface area contributed by atoms with Crippen LogP contribution in [0.15, 0.2) is 48.5 Å². The summed E-state index contributed by atoms with van der Waals surface area (Å²) < 4.78 is 5.77. The van der Waals surface area contributed by atoms with E-state index in [0.717, 1.165) is 5.56 Å². The first-order chi connectivity index (χ1) is 12.0. The van der Waals surface area contributed by atoms with Crippen molar-refractivity contribution in [2.75, 3.05) is 18.0 Å². The van der Waals surface area contributed by atoms with E-state index in [1.165, 1.54) is 6.92 Å². The number of rotatable bonds is 4. The van der Waals surface area contributed by atoms with Crippen LogP contribution in [-0.4, -0.2) is 31.0 Å². The number of para-hydroxylation sites is 2. The van der Waals surface area contributed by atoms with Gasteiger partial charge in [0.1, 0.15) is 5.75 Å². The molecular formula is C19H19ClN2O3. The zero-order valence-corrected chi connectivity index (χ0v) is 14.6. The molecule has 0 aliphatic carbocycles. The zero-order chi connectivity index (χ0) is 17.8. The van der Waals surface area contributed by atoms with Gasteiger partial charge in [0.25, 0.3) is 5.91 Å². The summed E-state index contributed by atoms with van der Waals surface area (Å²) in [6.07, 6.45) is -0.0214. The lowest BCUT2D eigenvalue weighted by molar-refractivity contribution is -0.128. The van der Waals surface area contributed by atoms with Gasteiger partial charge in [-0.3, -0.25) is 9.59 Å². The summed E-state index contributed by atoms with van der Waals surface area (Å²) in [5.74, 6) is 0.200. The third-order valence-corrected chi connectivity index (χ3v) is 4.32. The summed E-state index contributed by atoms with van der Waals surface area (Å²) in [6, 6.07) is 14.7. The summed E-state index contributed by atoms with van der Waals surface area (Å²) in [5, 5.41) is 3.56. The number of hydrogen-bond donors (Lipinski definition) is 1. The molecule has 0 saturated heterocycles. The van der Waals surface area contributed by atoms with Gasteiger partial charge in [0, 0.05) is 18.5 Å². The molecule has 25 heavy (non-hydrogen) atoms. The molecule has 0 fully saturated rings. The van der Waals surface area contributed by atoms with Gasteiger partial charge in [-0.2, -0.15) is 0 Å². The van der Waals surface area contributed by atoms with E-state index in [-0.39, 0.29) is 18.4 Å². The number of carbonyl (C=O) groups excluding carboxylic acids is 2. The van der Waals surface area contributed by atoms with Gasteiger partial charge >= 0.3 is 0 Å². The number of amides is 2. The Labute approximate surface area is 151 Å². The number of ether oxygens (including phenoxy) is 1. The number of anilines is 1. The molecular weight excluding hydrogens is 340 g/mol. The highest BCUT2D eigenvalue weighted by molar-refractivity contribution is 6.30. The van der Waals surface area contributed by atoms with Gasteiger partial charge in [0.05, 0.1) is 12.2 Å². The highest BCUT2D eigenvalue weighted by Crippen LogP contribution is 2.33. The van der Waals surface area contributed by atoms with Crippen LogP contribution in [0, 0.1) is 0 Å². The molecule has 1 aliphatic rings. The van der Waals surface area contributed by atoms with Crippen molar-refractivity contribution in [2.45, 2.75) is 19.4 Å². The first kappa shape index (κ1) is 17.3. The van der Waals surface area contributed by atoms with Crippen molar-refractivity contribution in [1.29, 1.82) is 0 Å². The minimum atomic E-state index is -0.719. The minimum Gasteiger partial charge on any atom is -0.477 e. The summed E-state index contributed by atoms with van der Waals surface area (Å²) in [5.41, 5.74) is 1.78. The molecule has 2 aromatic rings. The highest BCUT2D eigenvalue weighted by Gasteiger charge is 2.32. The maximum atomic E-state index is 12.4. The molecule has 0 spiro atoms. The molecule has 1 heterocycles. The second-order valence-electron chi connectivity index (χ2n) is 5.87. The molecule has 130 valence electrons. The third-order valence-electron chi connectivity index (χ3n) is 4.07. The fourth-order valence-electron chi connectivity index (χ4n) is 2.76. The van der Waals surface area contributed by atoms with E-state index in [4.69, 9.17) is 16.3 Å². The highest BCUT2D eigenvalue weighted by atomic mass is 35.5. The molecule has 0 bridgehead atoms. The average Bonchev–Trinajstić information content (AvgIpc) is 2.62. The standard InChI is InChI=1S/C19H19ClN2O3/c1-13(23)22-12-18(25-17-5-3-2-4-16(17)22)19(24)21-11-10-14-6-8-15(20)9-7-14/h2-9,18H,10-12H2,1H3,(H,21,24)/t18-/m0/s1. The van der Waals surface area contributed by atoms with Crippen LogP contribution < -0.4 is 15.0 Å². The fraction of sp³-hybridized carbons (Fsp3) is 0.263. The van der Waals surface area contributed by atoms with Crippen LogP contribution in [0.4, 0.5) is 5.69 Å². The lowest BCUT2D eigenvalue weighted by atomic mass is 10.1. The topological polar surface area (TPSA) is 58.6 Å². The monoisotopic (exact) mass is 358 g/mol. The molecule has 0 unspecified atom stereocenters. The average molecular weight is 359 g/mol. The summed E-state index contributed by atoms with van der Waals surface area (Å²) in [6.45, 7) is 2.18. The van der Waals surface area contributed by atoms with Gasteiger partial charge in [-0.15, -0.1) is 0 Å². The van der Waals surface area contributed by atoms with Crippen LogP contribution >= 0.6 is 11.6 Å². The molecule has 1 N–H and O–H groups in total. The van der Waals surface area contributed by atoms with Gasteiger partial charge in [-0.1, -0.05) is 35.9 Å². The van der Waals surface area contributed by atoms with Crippen LogP contribution in [-0.2, 0) is 16.0 Å². The molecule has 5 nitrogen and oxygen atoms in total. The molecule has 0 saturated carbocycles. The van der Waals surface area contributed by atoms with Crippen molar-refractivity contribution in [1.82, 2.24) is 5.32 Å². The van der Waals surface area contributed by atoms with E-state index in [2.05, 4.69) is 5.32 Å². The van der Waals surface area contributed by atoms with Crippen LogP contribution in [0.1, 0.15) is 12.5 Å². The molecule has 0 aromatic heterocycles. The predicted octanol–water partition coefficient (Wildman–Crippen LogP) is 2.81. The van der Waals surface area contributed by atoms with Gasteiger partial charge in [-0.25, -0.2) is 0 Å². The van der Waals surface area contributed by atoms with Crippen molar-refractivity contribution in [3.8, 4) is 5.75 Å². The quantitative estimate of drug-likeness (QED) is 0.914. The Hall–Kier alpha value is -2.53. The van der Waals surface area contributed by atoms with E-state index < -0.39 is 6.10 Å². The Bertz CT molecular complexity index is 776. The number of halogens is 1. The Morgan fingerprint density at radius 2 is 1.92 bits per heavy atom. The molecule has 6 heteroatoms. The van der Waals surface area contributed by atoms with E-state index in [0.29, 0.717) is 29.4 Å². The first-order valence-corrected chi connectivity index (χ1v) is 8.48. The van der Waals surface area contributed by atoms with Crippen molar-refractivity contribution < 1.29 is 14.3 Å². The number of benzene rings is 2. The van der Waals surface area contributed by atoms with Gasteiger partial charge < -0.3 is 15.0 Å². The van der Waals surface area contributed by atoms with Crippen LogP contribution in [0.3, 0.4) is 0 Å². The third kappa shape index (κ3) is 4.12. The first-order valence-electron chi connectivity index (χ1n) is 8.10. The zero-order valence-electron chi connectivity index (χ0n) is 13.9. The Morgan fingerprint density at radius 3 is 2.64 bits per heavy atom. The molecule has 1 atom stereocenters. The second kappa shape index (κ2) is 7.57. The molecule has 3 rings (SSSR count). The Kier molecular flexibility index (Phi) is 5.24. The smallest absolute Gasteiger partial charge is 0.262 e. The maximum Gasteiger partial charge on any atom is 0.262 e. The van der Waals surface area contributed by atoms with Gasteiger partial charge in [0.2, 0.25) is 5.91 Å². The number of hydrogen-bond acceptors (Lipinski definition) is 3.